The molecular weight excluding hydrogens is 678 g/mol. The third kappa shape index (κ3) is 8.81. The molecule has 1 aliphatic rings. The predicted octanol–water partition coefficient (Wildman–Crippen LogP) is 6.66. The van der Waals surface area contributed by atoms with Gasteiger partial charge in [-0.05, 0) is 67.3 Å². The normalized spacial score (nSPS) is 13.9. The summed E-state index contributed by atoms with van der Waals surface area (Å²) in [4.78, 5) is 30.4. The van der Waals surface area contributed by atoms with Crippen molar-refractivity contribution < 1.29 is 22.7 Å². The average Bonchev–Trinajstić information content (AvgIpc) is 3.59. The van der Waals surface area contributed by atoms with E-state index in [-0.39, 0.29) is 35.5 Å². The molecule has 4 aromatic carbocycles. The number of sulfonamides is 1. The van der Waals surface area contributed by atoms with Gasteiger partial charge in [-0.1, -0.05) is 95.0 Å². The Balaban J connectivity index is 1.57. The maximum Gasteiger partial charge on any atom is 0.264 e. The Labute approximate surface area is 285 Å². The summed E-state index contributed by atoms with van der Waals surface area (Å²) in [5.41, 5.74) is 2.88. The number of anilines is 1. The van der Waals surface area contributed by atoms with Gasteiger partial charge >= 0.3 is 0 Å². The van der Waals surface area contributed by atoms with Crippen LogP contribution in [0.25, 0.3) is 0 Å². The summed E-state index contributed by atoms with van der Waals surface area (Å²) in [5, 5.41) is 3.20. The molecular formula is C37H40BrN3O5S. The van der Waals surface area contributed by atoms with E-state index in [4.69, 9.17) is 4.74 Å². The van der Waals surface area contributed by atoms with E-state index in [1.807, 2.05) is 61.5 Å². The molecule has 2 amide bonds. The SMILES string of the molecule is COc1cccc(N(CC(=O)N(Cc2ccc(Br)cc2)[C@H](Cc2ccccc2)C(=O)NC2CCCC2)S(=O)(=O)c2ccc(C)cc2)c1. The molecule has 1 atom stereocenters. The molecule has 0 unspecified atom stereocenters. The number of halogens is 1. The summed E-state index contributed by atoms with van der Waals surface area (Å²) >= 11 is 3.48. The quantitative estimate of drug-likeness (QED) is 0.167. The number of carbonyl (C=O) groups excluding carboxylic acids is 2. The molecule has 0 heterocycles. The van der Waals surface area contributed by atoms with Gasteiger partial charge in [-0.3, -0.25) is 13.9 Å². The Morgan fingerprint density at radius 2 is 1.57 bits per heavy atom. The lowest BCUT2D eigenvalue weighted by Gasteiger charge is -2.34. The standard InChI is InChI=1S/C37H40BrN3O5S/c1-27-15-21-34(22-16-27)47(44,45)41(32-13-8-14-33(24-32)46-2)26-36(42)40(25-29-17-19-30(38)20-18-29)35(23-28-9-4-3-5-10-28)37(43)39-31-11-6-7-12-31/h3-5,8-10,13-22,24,31,35H,6-7,11-12,23,25-26H2,1-2H3,(H,39,43)/t35-/m1/s1. The highest BCUT2D eigenvalue weighted by Crippen LogP contribution is 2.28. The van der Waals surface area contributed by atoms with Gasteiger partial charge < -0.3 is 15.0 Å². The van der Waals surface area contributed by atoms with Crippen molar-refractivity contribution in [1.82, 2.24) is 10.2 Å². The molecule has 1 saturated carbocycles. The number of rotatable bonds is 13. The van der Waals surface area contributed by atoms with Crippen molar-refractivity contribution in [1.29, 1.82) is 0 Å². The molecule has 4 aromatic rings. The highest BCUT2D eigenvalue weighted by atomic mass is 79.9. The molecule has 47 heavy (non-hydrogen) atoms. The van der Waals surface area contributed by atoms with Crippen LogP contribution in [0.1, 0.15) is 42.4 Å². The molecule has 8 nitrogen and oxygen atoms in total. The zero-order chi connectivity index (χ0) is 33.4. The van der Waals surface area contributed by atoms with Crippen LogP contribution in [-0.2, 0) is 32.6 Å². The number of nitrogens with zero attached hydrogens (tertiary/aromatic N) is 2. The largest absolute Gasteiger partial charge is 0.497 e. The Hall–Kier alpha value is -4.15. The summed E-state index contributed by atoms with van der Waals surface area (Å²) in [6.07, 6.45) is 4.14. The van der Waals surface area contributed by atoms with Crippen LogP contribution in [0.15, 0.2) is 112 Å². The molecule has 0 bridgehead atoms. The zero-order valence-corrected chi connectivity index (χ0v) is 29.0. The third-order valence-electron chi connectivity index (χ3n) is 8.47. The number of aryl methyl sites for hydroxylation is 1. The summed E-state index contributed by atoms with van der Waals surface area (Å²) in [5.74, 6) is -0.307. The second kappa shape index (κ2) is 15.6. The molecule has 10 heteroatoms. The van der Waals surface area contributed by atoms with E-state index in [0.29, 0.717) is 5.75 Å². The minimum absolute atomic E-state index is 0.0422. The van der Waals surface area contributed by atoms with Gasteiger partial charge in [0.2, 0.25) is 11.8 Å². The minimum atomic E-state index is -4.20. The van der Waals surface area contributed by atoms with E-state index < -0.39 is 28.5 Å². The monoisotopic (exact) mass is 717 g/mol. The molecule has 0 spiro atoms. The highest BCUT2D eigenvalue weighted by molar-refractivity contribution is 9.10. The van der Waals surface area contributed by atoms with Crippen LogP contribution in [0.3, 0.4) is 0 Å². The lowest BCUT2D eigenvalue weighted by Crippen LogP contribution is -2.54. The van der Waals surface area contributed by atoms with Crippen LogP contribution in [0.2, 0.25) is 0 Å². The van der Waals surface area contributed by atoms with Gasteiger partial charge in [0.25, 0.3) is 10.0 Å². The number of hydrogen-bond donors (Lipinski definition) is 1. The predicted molar refractivity (Wildman–Crippen MR) is 188 cm³/mol. The van der Waals surface area contributed by atoms with Crippen molar-refractivity contribution in [3.05, 3.63) is 124 Å². The second-order valence-corrected chi connectivity index (χ2v) is 14.6. The highest BCUT2D eigenvalue weighted by Gasteiger charge is 2.35. The third-order valence-corrected chi connectivity index (χ3v) is 10.8. The van der Waals surface area contributed by atoms with Gasteiger partial charge in [0.1, 0.15) is 18.3 Å². The molecule has 5 rings (SSSR count). The first-order valence-electron chi connectivity index (χ1n) is 15.8. The Morgan fingerprint density at radius 1 is 0.894 bits per heavy atom. The van der Waals surface area contributed by atoms with Crippen LogP contribution < -0.4 is 14.4 Å². The van der Waals surface area contributed by atoms with E-state index >= 15 is 0 Å². The maximum atomic E-state index is 14.7. The smallest absolute Gasteiger partial charge is 0.264 e. The first-order chi connectivity index (χ1) is 22.6. The molecule has 1 aliphatic carbocycles. The Bertz CT molecular complexity index is 1760. The second-order valence-electron chi connectivity index (χ2n) is 11.9. The fraction of sp³-hybridized carbons (Fsp3) is 0.297. The lowest BCUT2D eigenvalue weighted by atomic mass is 10.0. The van der Waals surface area contributed by atoms with Gasteiger partial charge in [-0.25, -0.2) is 8.42 Å². The Morgan fingerprint density at radius 3 is 2.23 bits per heavy atom. The Kier molecular flexibility index (Phi) is 11.4. The van der Waals surface area contributed by atoms with Crippen LogP contribution >= 0.6 is 15.9 Å². The van der Waals surface area contributed by atoms with Crippen molar-refractivity contribution in [2.45, 2.75) is 62.6 Å². The van der Waals surface area contributed by atoms with E-state index in [1.54, 1.807) is 36.4 Å². The van der Waals surface area contributed by atoms with Crippen molar-refractivity contribution >= 4 is 43.5 Å². The maximum absolute atomic E-state index is 14.7. The molecule has 0 aromatic heterocycles. The fourth-order valence-corrected chi connectivity index (χ4v) is 7.51. The number of carbonyl (C=O) groups is 2. The van der Waals surface area contributed by atoms with Gasteiger partial charge in [0, 0.05) is 29.5 Å². The van der Waals surface area contributed by atoms with Crippen LogP contribution in [0.4, 0.5) is 5.69 Å². The fourth-order valence-electron chi connectivity index (χ4n) is 5.84. The van der Waals surface area contributed by atoms with Crippen molar-refractivity contribution in [3.63, 3.8) is 0 Å². The number of benzene rings is 4. The van der Waals surface area contributed by atoms with Crippen LogP contribution in [0.5, 0.6) is 5.75 Å². The summed E-state index contributed by atoms with van der Waals surface area (Å²) in [6.45, 7) is 1.46. The molecule has 1 N–H and O–H groups in total. The van der Waals surface area contributed by atoms with Crippen molar-refractivity contribution in [2.75, 3.05) is 18.0 Å². The summed E-state index contributed by atoms with van der Waals surface area (Å²) in [6, 6.07) is 29.4. The summed E-state index contributed by atoms with van der Waals surface area (Å²) < 4.78 is 35.9. The number of ether oxygens (including phenoxy) is 1. The van der Waals surface area contributed by atoms with Crippen molar-refractivity contribution in [3.8, 4) is 5.75 Å². The number of hydrogen-bond acceptors (Lipinski definition) is 5. The molecule has 0 aliphatic heterocycles. The molecule has 0 saturated heterocycles. The van der Waals surface area contributed by atoms with Gasteiger partial charge in [-0.2, -0.15) is 0 Å². The number of methoxy groups -OCH3 is 1. The first-order valence-corrected chi connectivity index (χ1v) is 18.0. The van der Waals surface area contributed by atoms with Gasteiger partial charge in [0.05, 0.1) is 17.7 Å². The molecule has 0 radical (unpaired) electrons. The lowest BCUT2D eigenvalue weighted by molar-refractivity contribution is -0.140. The average molecular weight is 719 g/mol. The zero-order valence-electron chi connectivity index (χ0n) is 26.6. The van der Waals surface area contributed by atoms with E-state index in [2.05, 4.69) is 21.2 Å². The molecule has 246 valence electrons. The van der Waals surface area contributed by atoms with Crippen LogP contribution in [0, 0.1) is 6.92 Å². The number of amides is 2. The summed E-state index contributed by atoms with van der Waals surface area (Å²) in [7, 11) is -2.70. The van der Waals surface area contributed by atoms with E-state index in [0.717, 1.165) is 51.2 Å². The van der Waals surface area contributed by atoms with Crippen LogP contribution in [-0.4, -0.2) is 50.9 Å². The van der Waals surface area contributed by atoms with Gasteiger partial charge in [0.15, 0.2) is 0 Å². The van der Waals surface area contributed by atoms with E-state index in [9.17, 15) is 18.0 Å². The number of nitrogens with one attached hydrogen (secondary N) is 1. The van der Waals surface area contributed by atoms with Gasteiger partial charge in [-0.15, -0.1) is 0 Å². The molecule has 1 fully saturated rings. The van der Waals surface area contributed by atoms with Crippen molar-refractivity contribution in [2.24, 2.45) is 0 Å². The van der Waals surface area contributed by atoms with E-state index in [1.165, 1.54) is 24.1 Å². The minimum Gasteiger partial charge on any atom is -0.497 e. The topological polar surface area (TPSA) is 96.0 Å². The first kappa shape index (κ1) is 34.2.